The van der Waals surface area contributed by atoms with E-state index in [2.05, 4.69) is 56.4 Å². The Morgan fingerprint density at radius 3 is 2.33 bits per heavy atom. The Balaban J connectivity index is 2.00. The van der Waals surface area contributed by atoms with E-state index in [0.29, 0.717) is 0 Å². The zero-order valence-electron chi connectivity index (χ0n) is 9.43. The van der Waals surface area contributed by atoms with Gasteiger partial charge in [0.2, 0.25) is 0 Å². The van der Waals surface area contributed by atoms with Gasteiger partial charge in [-0.05, 0) is 36.5 Å². The van der Waals surface area contributed by atoms with E-state index in [9.17, 15) is 0 Å². The van der Waals surface area contributed by atoms with Gasteiger partial charge in [-0.15, -0.1) is 0 Å². The van der Waals surface area contributed by atoms with Crippen molar-refractivity contribution in [3.05, 3.63) is 48.1 Å². The molecule has 0 saturated heterocycles. The normalized spacial score (nSPS) is 46.3. The van der Waals surface area contributed by atoms with E-state index in [4.69, 9.17) is 0 Å². The number of hydrogen-bond acceptors (Lipinski definition) is 0. The van der Waals surface area contributed by atoms with Crippen molar-refractivity contribution in [3.8, 4) is 0 Å². The van der Waals surface area contributed by atoms with Gasteiger partial charge >= 0.3 is 0 Å². The molecule has 0 aromatic carbocycles. The Hall–Kier alpha value is -1.04. The van der Waals surface area contributed by atoms with E-state index in [1.807, 2.05) is 0 Å². The molecule has 0 aliphatic heterocycles. The lowest BCUT2D eigenvalue weighted by Gasteiger charge is -2.23. The fraction of sp³-hybridized carbons (Fsp3) is 0.467. The minimum atomic E-state index is 0.745. The van der Waals surface area contributed by atoms with E-state index >= 15 is 0 Å². The molecule has 0 aromatic heterocycles. The summed E-state index contributed by atoms with van der Waals surface area (Å²) in [7, 11) is 0. The topological polar surface area (TPSA) is 0 Å². The van der Waals surface area contributed by atoms with E-state index in [1.54, 1.807) is 0 Å². The average Bonchev–Trinajstić information content (AvgIpc) is 2.54. The molecule has 1 saturated carbocycles. The second kappa shape index (κ2) is 3.23. The monoisotopic (exact) mass is 198 g/mol. The van der Waals surface area contributed by atoms with Crippen molar-refractivity contribution in [2.24, 2.45) is 29.6 Å². The number of rotatable bonds is 0. The summed E-state index contributed by atoms with van der Waals surface area (Å²) in [6.45, 7) is 4.63. The van der Waals surface area contributed by atoms with Crippen molar-refractivity contribution in [1.82, 2.24) is 0 Å². The average molecular weight is 198 g/mol. The minimum absolute atomic E-state index is 0.745. The van der Waals surface area contributed by atoms with Crippen LogP contribution in [0.25, 0.3) is 0 Å². The fourth-order valence-corrected chi connectivity index (χ4v) is 3.56. The molecule has 3 aliphatic carbocycles. The highest BCUT2D eigenvalue weighted by Crippen LogP contribution is 2.51. The van der Waals surface area contributed by atoms with Gasteiger partial charge in [0, 0.05) is 0 Å². The highest BCUT2D eigenvalue weighted by Gasteiger charge is 2.44. The maximum atomic E-state index is 2.48. The Labute approximate surface area is 92.1 Å². The van der Waals surface area contributed by atoms with E-state index in [-0.39, 0.29) is 0 Å². The third-order valence-corrected chi connectivity index (χ3v) is 4.36. The molecule has 0 bridgehead atoms. The zero-order chi connectivity index (χ0) is 10.4. The Morgan fingerprint density at radius 1 is 0.867 bits per heavy atom. The molecule has 0 nitrogen and oxygen atoms in total. The van der Waals surface area contributed by atoms with Gasteiger partial charge in [-0.3, -0.25) is 0 Å². The maximum Gasteiger partial charge on any atom is -0.00955 e. The standard InChI is InChI=1S/C15H18/c1-10-7-8-14-13-6-4-3-5-12(13)11(2)15(14)9-10/h3-9,11-15H,1-2H3. The van der Waals surface area contributed by atoms with Crippen LogP contribution in [0.5, 0.6) is 0 Å². The lowest BCUT2D eigenvalue weighted by molar-refractivity contribution is 0.413. The molecule has 15 heavy (non-hydrogen) atoms. The van der Waals surface area contributed by atoms with E-state index < -0.39 is 0 Å². The summed E-state index contributed by atoms with van der Waals surface area (Å²) in [5.41, 5.74) is 1.44. The van der Waals surface area contributed by atoms with Crippen LogP contribution in [-0.4, -0.2) is 0 Å². The van der Waals surface area contributed by atoms with Crippen molar-refractivity contribution in [3.63, 3.8) is 0 Å². The van der Waals surface area contributed by atoms with Gasteiger partial charge in [0.05, 0.1) is 0 Å². The quantitative estimate of drug-likeness (QED) is 0.556. The molecular formula is C15H18. The van der Waals surface area contributed by atoms with E-state index in [1.165, 1.54) is 5.57 Å². The number of allylic oxidation sites excluding steroid dienone is 8. The highest BCUT2D eigenvalue weighted by atomic mass is 14.5. The number of fused-ring (bicyclic) bond motifs is 3. The Morgan fingerprint density at radius 2 is 1.53 bits per heavy atom. The van der Waals surface area contributed by atoms with Crippen LogP contribution in [0, 0.1) is 29.6 Å². The summed E-state index contributed by atoms with van der Waals surface area (Å²) in [4.78, 5) is 0. The summed E-state index contributed by atoms with van der Waals surface area (Å²) in [5, 5.41) is 0. The van der Waals surface area contributed by atoms with Crippen LogP contribution in [0.15, 0.2) is 48.1 Å². The minimum Gasteiger partial charge on any atom is -0.0805 e. The smallest absolute Gasteiger partial charge is 0.00955 e. The van der Waals surface area contributed by atoms with Gasteiger partial charge in [-0.25, -0.2) is 0 Å². The molecule has 3 rings (SSSR count). The first-order valence-corrected chi connectivity index (χ1v) is 5.99. The molecule has 78 valence electrons. The molecule has 5 atom stereocenters. The summed E-state index contributed by atoms with van der Waals surface area (Å²) in [5.74, 6) is 3.81. The molecule has 0 N–H and O–H groups in total. The van der Waals surface area contributed by atoms with Crippen LogP contribution in [0.3, 0.4) is 0 Å². The van der Waals surface area contributed by atoms with Gasteiger partial charge in [0.1, 0.15) is 0 Å². The van der Waals surface area contributed by atoms with Gasteiger partial charge in [-0.2, -0.15) is 0 Å². The van der Waals surface area contributed by atoms with Crippen LogP contribution in [0.1, 0.15) is 13.8 Å². The SMILES string of the molecule is CC1=CC2C(C)C3C=CC=CC3C2C=C1. The molecule has 0 heterocycles. The van der Waals surface area contributed by atoms with Gasteiger partial charge < -0.3 is 0 Å². The Kier molecular flexibility index (Phi) is 1.98. The van der Waals surface area contributed by atoms with Gasteiger partial charge in [0.15, 0.2) is 0 Å². The first-order valence-electron chi connectivity index (χ1n) is 5.99. The second-order valence-electron chi connectivity index (χ2n) is 5.21. The molecule has 0 spiro atoms. The van der Waals surface area contributed by atoms with Crippen molar-refractivity contribution in [1.29, 1.82) is 0 Å². The summed E-state index contributed by atoms with van der Waals surface area (Å²) in [6, 6.07) is 0. The van der Waals surface area contributed by atoms with Crippen LogP contribution in [-0.2, 0) is 0 Å². The van der Waals surface area contributed by atoms with Crippen LogP contribution in [0.4, 0.5) is 0 Å². The molecule has 3 aliphatic rings. The lowest BCUT2D eigenvalue weighted by Crippen LogP contribution is -2.15. The predicted octanol–water partition coefficient (Wildman–Crippen LogP) is 3.74. The first kappa shape index (κ1) is 9.21. The van der Waals surface area contributed by atoms with Crippen LogP contribution >= 0.6 is 0 Å². The van der Waals surface area contributed by atoms with Crippen LogP contribution < -0.4 is 0 Å². The molecule has 5 unspecified atom stereocenters. The predicted molar refractivity (Wildman–Crippen MR) is 64.3 cm³/mol. The summed E-state index contributed by atoms with van der Waals surface area (Å²) < 4.78 is 0. The third-order valence-electron chi connectivity index (χ3n) is 4.36. The third kappa shape index (κ3) is 1.27. The molecule has 0 radical (unpaired) electrons. The highest BCUT2D eigenvalue weighted by molar-refractivity contribution is 5.31. The molecule has 1 fully saturated rings. The van der Waals surface area contributed by atoms with Crippen molar-refractivity contribution in [2.75, 3.05) is 0 Å². The Bertz CT molecular complexity index is 381. The zero-order valence-corrected chi connectivity index (χ0v) is 9.43. The van der Waals surface area contributed by atoms with Crippen molar-refractivity contribution in [2.45, 2.75) is 13.8 Å². The maximum absolute atomic E-state index is 2.48. The molecule has 0 heteroatoms. The first-order chi connectivity index (χ1) is 7.27. The summed E-state index contributed by atoms with van der Waals surface area (Å²) >= 11 is 0. The fourth-order valence-electron chi connectivity index (χ4n) is 3.56. The van der Waals surface area contributed by atoms with Gasteiger partial charge in [0.25, 0.3) is 0 Å². The molecular weight excluding hydrogens is 180 g/mol. The largest absolute Gasteiger partial charge is 0.0805 e. The lowest BCUT2D eigenvalue weighted by atomic mass is 9.82. The van der Waals surface area contributed by atoms with E-state index in [0.717, 1.165) is 29.6 Å². The van der Waals surface area contributed by atoms with Crippen molar-refractivity contribution >= 4 is 0 Å². The summed E-state index contributed by atoms with van der Waals surface area (Å²) in [6.07, 6.45) is 16.5. The van der Waals surface area contributed by atoms with Crippen LogP contribution in [0.2, 0.25) is 0 Å². The molecule has 0 amide bonds. The second-order valence-corrected chi connectivity index (χ2v) is 5.21. The molecule has 0 aromatic rings. The van der Waals surface area contributed by atoms with Gasteiger partial charge in [-0.1, -0.05) is 55.0 Å². The number of hydrogen-bond donors (Lipinski definition) is 0. The van der Waals surface area contributed by atoms with Crippen molar-refractivity contribution < 1.29 is 0 Å².